The van der Waals surface area contributed by atoms with E-state index in [1.807, 2.05) is 0 Å². The van der Waals surface area contributed by atoms with E-state index in [2.05, 4.69) is 53.1 Å². The minimum atomic E-state index is -0.281. The van der Waals surface area contributed by atoms with Gasteiger partial charge in [-0.3, -0.25) is 9.80 Å². The van der Waals surface area contributed by atoms with Gasteiger partial charge in [-0.2, -0.15) is 5.26 Å². The van der Waals surface area contributed by atoms with E-state index >= 15 is 0 Å². The molecule has 1 atom stereocenters. The summed E-state index contributed by atoms with van der Waals surface area (Å²) >= 11 is 0. The van der Waals surface area contributed by atoms with Gasteiger partial charge in [0.1, 0.15) is 5.54 Å². The summed E-state index contributed by atoms with van der Waals surface area (Å²) in [6.45, 7) is 7.54. The lowest BCUT2D eigenvalue weighted by Gasteiger charge is -2.47. The number of ether oxygens (including phenoxy) is 1. The fourth-order valence-corrected chi connectivity index (χ4v) is 3.71. The molecular weight excluding hydrogens is 274 g/mol. The Morgan fingerprint density at radius 1 is 1.09 bits per heavy atom. The molecule has 3 rings (SSSR count). The molecule has 0 amide bonds. The lowest BCUT2D eigenvalue weighted by molar-refractivity contribution is -0.0282. The smallest absolute Gasteiger partial charge is 0.111 e. The van der Waals surface area contributed by atoms with Crippen LogP contribution in [0.5, 0.6) is 0 Å². The predicted molar refractivity (Wildman–Crippen MR) is 86.4 cm³/mol. The zero-order valence-corrected chi connectivity index (χ0v) is 13.4. The van der Waals surface area contributed by atoms with Crippen LogP contribution in [0.25, 0.3) is 0 Å². The molecule has 0 N–H and O–H groups in total. The molecule has 0 spiro atoms. The van der Waals surface area contributed by atoms with E-state index in [1.54, 1.807) is 0 Å². The van der Waals surface area contributed by atoms with Crippen LogP contribution in [0.4, 0.5) is 0 Å². The molecule has 118 valence electrons. The lowest BCUT2D eigenvalue weighted by Crippen LogP contribution is -2.57. The Labute approximate surface area is 133 Å². The Kier molecular flexibility index (Phi) is 4.77. The summed E-state index contributed by atoms with van der Waals surface area (Å²) in [7, 11) is 0. The van der Waals surface area contributed by atoms with Crippen molar-refractivity contribution in [2.24, 2.45) is 0 Å². The molecular formula is C18H25N3O. The van der Waals surface area contributed by atoms with Crippen LogP contribution in [0.15, 0.2) is 30.3 Å². The molecule has 2 heterocycles. The van der Waals surface area contributed by atoms with E-state index in [1.165, 1.54) is 5.56 Å². The van der Waals surface area contributed by atoms with E-state index in [0.717, 1.165) is 52.2 Å². The molecule has 0 saturated carbocycles. The molecule has 4 nitrogen and oxygen atoms in total. The zero-order chi connectivity index (χ0) is 15.4. The number of likely N-dealkylation sites (tertiary alicyclic amines) is 1. The van der Waals surface area contributed by atoms with Crippen LogP contribution in [-0.2, 0) is 4.74 Å². The number of hydrogen-bond donors (Lipinski definition) is 0. The molecule has 0 unspecified atom stereocenters. The van der Waals surface area contributed by atoms with Gasteiger partial charge >= 0.3 is 0 Å². The molecule has 2 aliphatic rings. The summed E-state index contributed by atoms with van der Waals surface area (Å²) in [4.78, 5) is 4.85. The van der Waals surface area contributed by atoms with E-state index in [0.29, 0.717) is 6.04 Å². The molecule has 4 heteroatoms. The third-order valence-corrected chi connectivity index (χ3v) is 5.28. The highest BCUT2D eigenvalue weighted by molar-refractivity contribution is 5.19. The van der Waals surface area contributed by atoms with Crippen molar-refractivity contribution in [2.45, 2.75) is 31.3 Å². The monoisotopic (exact) mass is 299 g/mol. The molecule has 2 aliphatic heterocycles. The van der Waals surface area contributed by atoms with Crippen molar-refractivity contribution in [3.05, 3.63) is 35.9 Å². The van der Waals surface area contributed by atoms with Gasteiger partial charge in [-0.15, -0.1) is 0 Å². The highest BCUT2D eigenvalue weighted by Crippen LogP contribution is 2.33. The molecule has 0 aliphatic carbocycles. The molecule has 1 aromatic carbocycles. The molecule has 0 aromatic heterocycles. The summed E-state index contributed by atoms with van der Waals surface area (Å²) in [5.74, 6) is 0. The van der Waals surface area contributed by atoms with Crippen LogP contribution < -0.4 is 0 Å². The summed E-state index contributed by atoms with van der Waals surface area (Å²) in [5, 5.41) is 9.78. The maximum atomic E-state index is 9.78. The summed E-state index contributed by atoms with van der Waals surface area (Å²) in [5.41, 5.74) is 1.08. The van der Waals surface area contributed by atoms with Crippen LogP contribution in [-0.4, -0.2) is 54.7 Å². The number of piperidine rings is 1. The van der Waals surface area contributed by atoms with Gasteiger partial charge < -0.3 is 4.74 Å². The maximum Gasteiger partial charge on any atom is 0.111 e. The van der Waals surface area contributed by atoms with Gasteiger partial charge in [-0.25, -0.2) is 0 Å². The second kappa shape index (κ2) is 6.78. The first-order valence-electron chi connectivity index (χ1n) is 8.28. The second-order valence-electron chi connectivity index (χ2n) is 6.37. The SMILES string of the molecule is C[C@@H](c1ccccc1)N1CCC(C#N)(N2CCOCC2)CC1. The van der Waals surface area contributed by atoms with Crippen LogP contribution in [0.3, 0.4) is 0 Å². The minimum Gasteiger partial charge on any atom is -0.379 e. The van der Waals surface area contributed by atoms with Crippen LogP contribution >= 0.6 is 0 Å². The van der Waals surface area contributed by atoms with Gasteiger partial charge in [-0.1, -0.05) is 30.3 Å². The Hall–Kier alpha value is -1.41. The van der Waals surface area contributed by atoms with Crippen molar-refractivity contribution in [1.29, 1.82) is 5.26 Å². The van der Waals surface area contributed by atoms with Crippen LogP contribution in [0, 0.1) is 11.3 Å². The third kappa shape index (κ3) is 3.03. The average Bonchev–Trinajstić information content (AvgIpc) is 2.63. The number of benzene rings is 1. The molecule has 22 heavy (non-hydrogen) atoms. The first kappa shape index (κ1) is 15.5. The first-order chi connectivity index (χ1) is 10.7. The highest BCUT2D eigenvalue weighted by atomic mass is 16.5. The van der Waals surface area contributed by atoms with Crippen LogP contribution in [0.1, 0.15) is 31.4 Å². The van der Waals surface area contributed by atoms with Crippen molar-refractivity contribution in [1.82, 2.24) is 9.80 Å². The van der Waals surface area contributed by atoms with Crippen LogP contribution in [0.2, 0.25) is 0 Å². The van der Waals surface area contributed by atoms with Gasteiger partial charge in [0.2, 0.25) is 0 Å². The molecule has 0 bridgehead atoms. The quantitative estimate of drug-likeness (QED) is 0.859. The number of nitriles is 1. The number of morpholine rings is 1. The summed E-state index contributed by atoms with van der Waals surface area (Å²) in [6.07, 6.45) is 1.86. The van der Waals surface area contributed by atoms with Gasteiger partial charge in [0.15, 0.2) is 0 Å². The standard InChI is InChI=1S/C18H25N3O/c1-16(17-5-3-2-4-6-17)20-9-7-18(15-19,8-10-20)21-11-13-22-14-12-21/h2-6,16H,7-14H2,1H3/t16-/m0/s1. The van der Waals surface area contributed by atoms with Crippen molar-refractivity contribution >= 4 is 0 Å². The van der Waals surface area contributed by atoms with E-state index in [-0.39, 0.29) is 5.54 Å². The Morgan fingerprint density at radius 2 is 1.73 bits per heavy atom. The Morgan fingerprint density at radius 3 is 2.32 bits per heavy atom. The zero-order valence-electron chi connectivity index (χ0n) is 13.4. The van der Waals surface area contributed by atoms with E-state index in [9.17, 15) is 5.26 Å². The van der Waals surface area contributed by atoms with Crippen molar-refractivity contribution in [3.8, 4) is 6.07 Å². The normalized spacial score (nSPS) is 24.5. The molecule has 1 aromatic rings. The van der Waals surface area contributed by atoms with E-state index < -0.39 is 0 Å². The predicted octanol–water partition coefficient (Wildman–Crippen LogP) is 2.44. The number of rotatable bonds is 3. The Balaban J connectivity index is 1.65. The van der Waals surface area contributed by atoms with Crippen molar-refractivity contribution < 1.29 is 4.74 Å². The highest BCUT2D eigenvalue weighted by Gasteiger charge is 2.41. The minimum absolute atomic E-state index is 0.281. The van der Waals surface area contributed by atoms with Crippen molar-refractivity contribution in [2.75, 3.05) is 39.4 Å². The van der Waals surface area contributed by atoms with Crippen molar-refractivity contribution in [3.63, 3.8) is 0 Å². The molecule has 0 radical (unpaired) electrons. The van der Waals surface area contributed by atoms with Gasteiger partial charge in [0.25, 0.3) is 0 Å². The maximum absolute atomic E-state index is 9.78. The second-order valence-corrected chi connectivity index (χ2v) is 6.37. The van der Waals surface area contributed by atoms with Gasteiger partial charge in [-0.05, 0) is 25.3 Å². The first-order valence-corrected chi connectivity index (χ1v) is 8.28. The van der Waals surface area contributed by atoms with Gasteiger partial charge in [0.05, 0.1) is 19.3 Å². The average molecular weight is 299 g/mol. The summed E-state index contributed by atoms with van der Waals surface area (Å²) < 4.78 is 5.44. The fraction of sp³-hybridized carbons (Fsp3) is 0.611. The number of nitrogens with zero attached hydrogens (tertiary/aromatic N) is 3. The Bertz CT molecular complexity index is 511. The van der Waals surface area contributed by atoms with Gasteiger partial charge in [0, 0.05) is 32.2 Å². The molecule has 2 saturated heterocycles. The largest absolute Gasteiger partial charge is 0.379 e. The number of hydrogen-bond acceptors (Lipinski definition) is 4. The summed E-state index contributed by atoms with van der Waals surface area (Å²) in [6, 6.07) is 13.7. The topological polar surface area (TPSA) is 39.5 Å². The van der Waals surface area contributed by atoms with E-state index in [4.69, 9.17) is 4.74 Å². The third-order valence-electron chi connectivity index (χ3n) is 5.28. The lowest BCUT2D eigenvalue weighted by atomic mass is 9.85. The fourth-order valence-electron chi connectivity index (χ4n) is 3.71. The molecule has 2 fully saturated rings.